The summed E-state index contributed by atoms with van der Waals surface area (Å²) in [7, 11) is 0. The normalized spacial score (nSPS) is 13.8. The van der Waals surface area contributed by atoms with Crippen molar-refractivity contribution in [2.45, 2.75) is 37.3 Å². The lowest BCUT2D eigenvalue weighted by Gasteiger charge is -2.13. The fourth-order valence-corrected chi connectivity index (χ4v) is 5.03. The van der Waals surface area contributed by atoms with Crippen LogP contribution in [0, 0.1) is 0 Å². The van der Waals surface area contributed by atoms with Crippen LogP contribution < -0.4 is 5.32 Å². The van der Waals surface area contributed by atoms with Gasteiger partial charge in [0.05, 0.1) is 5.39 Å². The number of hydrogen-bond donors (Lipinski definition) is 2. The minimum Gasteiger partial charge on any atom is -0.508 e. The SMILES string of the molecule is CSc1nc(NCCc2ccc(O)cc2)c2c3c(sc2n1)CCCC3. The maximum atomic E-state index is 9.39. The first kappa shape index (κ1) is 16.7. The first-order valence-corrected chi connectivity index (χ1v) is 10.7. The molecule has 130 valence electrons. The standard InChI is InChI=1S/C19H21N3OS2/c1-24-19-21-17(20-11-10-12-6-8-13(23)9-7-12)16-14-4-2-3-5-15(14)25-18(16)22-19/h6-9,23H,2-5,10-11H2,1H3,(H,20,21,22). The minimum absolute atomic E-state index is 0.309. The van der Waals surface area contributed by atoms with Gasteiger partial charge in [0.15, 0.2) is 5.16 Å². The molecule has 2 aromatic heterocycles. The number of hydrogen-bond acceptors (Lipinski definition) is 6. The van der Waals surface area contributed by atoms with Crippen LogP contribution in [0.25, 0.3) is 10.2 Å². The molecule has 0 radical (unpaired) electrons. The second-order valence-electron chi connectivity index (χ2n) is 6.29. The summed E-state index contributed by atoms with van der Waals surface area (Å²) >= 11 is 3.43. The van der Waals surface area contributed by atoms with E-state index in [2.05, 4.69) is 5.32 Å². The number of aromatic nitrogens is 2. The van der Waals surface area contributed by atoms with Crippen molar-refractivity contribution in [2.24, 2.45) is 0 Å². The number of phenols is 1. The van der Waals surface area contributed by atoms with Gasteiger partial charge in [-0.3, -0.25) is 0 Å². The number of anilines is 1. The van der Waals surface area contributed by atoms with E-state index in [1.165, 1.54) is 40.7 Å². The summed E-state index contributed by atoms with van der Waals surface area (Å²) < 4.78 is 0. The maximum Gasteiger partial charge on any atom is 0.190 e. The lowest BCUT2D eigenvalue weighted by Crippen LogP contribution is -2.08. The van der Waals surface area contributed by atoms with Crippen molar-refractivity contribution in [3.63, 3.8) is 0 Å². The van der Waals surface area contributed by atoms with Gasteiger partial charge in [-0.1, -0.05) is 23.9 Å². The van der Waals surface area contributed by atoms with Gasteiger partial charge in [0.2, 0.25) is 0 Å². The Morgan fingerprint density at radius 3 is 2.76 bits per heavy atom. The molecule has 3 aromatic rings. The van der Waals surface area contributed by atoms with E-state index < -0.39 is 0 Å². The van der Waals surface area contributed by atoms with Crippen LogP contribution in [0.2, 0.25) is 0 Å². The first-order valence-electron chi connectivity index (χ1n) is 8.62. The van der Waals surface area contributed by atoms with Gasteiger partial charge in [-0.15, -0.1) is 11.3 Å². The lowest BCUT2D eigenvalue weighted by molar-refractivity contribution is 0.475. The van der Waals surface area contributed by atoms with Crippen LogP contribution in [0.1, 0.15) is 28.8 Å². The first-order chi connectivity index (χ1) is 12.2. The van der Waals surface area contributed by atoms with Gasteiger partial charge in [0.25, 0.3) is 0 Å². The highest BCUT2D eigenvalue weighted by atomic mass is 32.2. The van der Waals surface area contributed by atoms with Crippen LogP contribution in [0.3, 0.4) is 0 Å². The zero-order chi connectivity index (χ0) is 17.2. The fourth-order valence-electron chi connectivity index (χ4n) is 3.34. The molecule has 4 rings (SSSR count). The molecule has 0 saturated carbocycles. The Labute approximate surface area is 155 Å². The molecular weight excluding hydrogens is 350 g/mol. The van der Waals surface area contributed by atoms with Gasteiger partial charge >= 0.3 is 0 Å². The quantitative estimate of drug-likeness (QED) is 0.505. The second-order valence-corrected chi connectivity index (χ2v) is 8.15. The lowest BCUT2D eigenvalue weighted by atomic mass is 9.97. The summed E-state index contributed by atoms with van der Waals surface area (Å²) in [6, 6.07) is 7.40. The smallest absolute Gasteiger partial charge is 0.190 e. The van der Waals surface area contributed by atoms with Gasteiger partial charge < -0.3 is 10.4 Å². The van der Waals surface area contributed by atoms with E-state index in [0.29, 0.717) is 5.75 Å². The number of aromatic hydroxyl groups is 1. The second kappa shape index (κ2) is 7.22. The van der Waals surface area contributed by atoms with Crippen LogP contribution in [0.4, 0.5) is 5.82 Å². The van der Waals surface area contributed by atoms with Crippen molar-refractivity contribution in [1.29, 1.82) is 0 Å². The zero-order valence-corrected chi connectivity index (χ0v) is 15.8. The predicted molar refractivity (Wildman–Crippen MR) is 106 cm³/mol. The van der Waals surface area contributed by atoms with Gasteiger partial charge in [0, 0.05) is 11.4 Å². The number of rotatable bonds is 5. The molecule has 0 fully saturated rings. The van der Waals surface area contributed by atoms with Crippen molar-refractivity contribution in [3.05, 3.63) is 40.3 Å². The summed E-state index contributed by atoms with van der Waals surface area (Å²) in [5, 5.41) is 15.0. The molecule has 0 spiro atoms. The molecule has 2 heterocycles. The average molecular weight is 372 g/mol. The Morgan fingerprint density at radius 1 is 1.16 bits per heavy atom. The Kier molecular flexibility index (Phi) is 4.81. The van der Waals surface area contributed by atoms with Crippen LogP contribution in [0.5, 0.6) is 5.75 Å². The van der Waals surface area contributed by atoms with Crippen molar-refractivity contribution in [2.75, 3.05) is 18.1 Å². The van der Waals surface area contributed by atoms with Crippen molar-refractivity contribution in [3.8, 4) is 5.75 Å². The molecule has 0 unspecified atom stereocenters. The number of nitrogens with zero attached hydrogens (tertiary/aromatic N) is 2. The highest BCUT2D eigenvalue weighted by Gasteiger charge is 2.20. The van der Waals surface area contributed by atoms with Crippen LogP contribution in [0.15, 0.2) is 29.4 Å². The summed E-state index contributed by atoms with van der Waals surface area (Å²) in [5.41, 5.74) is 2.67. The Hall–Kier alpha value is -1.79. The Bertz CT molecular complexity index is 890. The van der Waals surface area contributed by atoms with Gasteiger partial charge in [-0.25, -0.2) is 9.97 Å². The van der Waals surface area contributed by atoms with E-state index in [9.17, 15) is 5.11 Å². The third-order valence-corrected chi connectivity index (χ3v) is 6.35. The Morgan fingerprint density at radius 2 is 1.96 bits per heavy atom. The molecule has 1 aliphatic rings. The molecule has 2 N–H and O–H groups in total. The molecule has 25 heavy (non-hydrogen) atoms. The van der Waals surface area contributed by atoms with E-state index in [-0.39, 0.29) is 0 Å². The Balaban J connectivity index is 1.60. The molecule has 0 amide bonds. The number of benzene rings is 1. The van der Waals surface area contributed by atoms with Crippen molar-refractivity contribution < 1.29 is 5.11 Å². The topological polar surface area (TPSA) is 58.0 Å². The van der Waals surface area contributed by atoms with Gasteiger partial charge in [-0.2, -0.15) is 0 Å². The third kappa shape index (κ3) is 3.46. The van der Waals surface area contributed by atoms with E-state index in [4.69, 9.17) is 9.97 Å². The summed E-state index contributed by atoms with van der Waals surface area (Å²) in [6.45, 7) is 0.815. The average Bonchev–Trinajstić information content (AvgIpc) is 3.01. The molecule has 0 aliphatic heterocycles. The molecule has 4 nitrogen and oxygen atoms in total. The number of thiophene rings is 1. The summed E-state index contributed by atoms with van der Waals surface area (Å²) in [5.74, 6) is 1.29. The maximum absolute atomic E-state index is 9.39. The van der Waals surface area contributed by atoms with E-state index in [1.54, 1.807) is 23.9 Å². The number of thioether (sulfide) groups is 1. The number of aryl methyl sites for hydroxylation is 2. The van der Waals surface area contributed by atoms with Crippen molar-refractivity contribution >= 4 is 39.1 Å². The fraction of sp³-hybridized carbons (Fsp3) is 0.368. The predicted octanol–water partition coefficient (Wildman–Crippen LogP) is 4.65. The van der Waals surface area contributed by atoms with E-state index in [0.717, 1.165) is 35.2 Å². The van der Waals surface area contributed by atoms with Crippen LogP contribution in [-0.2, 0) is 19.3 Å². The molecular formula is C19H21N3OS2. The molecule has 0 atom stereocenters. The van der Waals surface area contributed by atoms with E-state index >= 15 is 0 Å². The molecule has 6 heteroatoms. The van der Waals surface area contributed by atoms with E-state index in [1.807, 2.05) is 29.7 Å². The summed E-state index contributed by atoms with van der Waals surface area (Å²) in [6.07, 6.45) is 7.78. The minimum atomic E-state index is 0.309. The number of fused-ring (bicyclic) bond motifs is 3. The van der Waals surface area contributed by atoms with Gasteiger partial charge in [0.1, 0.15) is 16.4 Å². The zero-order valence-electron chi connectivity index (χ0n) is 14.2. The molecule has 1 aliphatic carbocycles. The van der Waals surface area contributed by atoms with Gasteiger partial charge in [-0.05, 0) is 61.6 Å². The van der Waals surface area contributed by atoms with Crippen LogP contribution in [-0.4, -0.2) is 27.9 Å². The van der Waals surface area contributed by atoms with Crippen LogP contribution >= 0.6 is 23.1 Å². The number of nitrogens with one attached hydrogen (secondary N) is 1. The van der Waals surface area contributed by atoms with Crippen molar-refractivity contribution in [1.82, 2.24) is 9.97 Å². The molecule has 0 bridgehead atoms. The summed E-state index contributed by atoms with van der Waals surface area (Å²) in [4.78, 5) is 12.1. The highest BCUT2D eigenvalue weighted by molar-refractivity contribution is 7.98. The molecule has 1 aromatic carbocycles. The third-order valence-electron chi connectivity index (χ3n) is 4.62. The largest absolute Gasteiger partial charge is 0.508 e. The molecule has 0 saturated heterocycles. The highest BCUT2D eigenvalue weighted by Crippen LogP contribution is 2.39. The number of phenolic OH excluding ortho intramolecular Hbond substituents is 1. The monoisotopic (exact) mass is 371 g/mol.